The topological polar surface area (TPSA) is 77.9 Å². The highest BCUT2D eigenvalue weighted by Gasteiger charge is 2.38. The Kier molecular flexibility index (Phi) is 5.18. The van der Waals surface area contributed by atoms with Gasteiger partial charge in [-0.3, -0.25) is 9.59 Å². The fraction of sp³-hybridized carbons (Fsp3) is 0.533. The zero-order valence-corrected chi connectivity index (χ0v) is 13.5. The predicted molar refractivity (Wildman–Crippen MR) is 82.6 cm³/mol. The number of nitrogens with zero attached hydrogens (tertiary/aromatic N) is 2. The van der Waals surface area contributed by atoms with Gasteiger partial charge in [0.2, 0.25) is 11.8 Å². The Balaban J connectivity index is 2.12. The number of thiophene rings is 1. The SMILES string of the molecule is CN(C)C(=O)C1CCC(C(=O)O)N(C(=O)Cc2cccs2)C1. The first-order valence-electron chi connectivity index (χ1n) is 7.16. The van der Waals surface area contributed by atoms with Gasteiger partial charge in [0.1, 0.15) is 6.04 Å². The minimum atomic E-state index is -1.00. The van der Waals surface area contributed by atoms with Gasteiger partial charge in [-0.05, 0) is 24.3 Å². The van der Waals surface area contributed by atoms with E-state index in [9.17, 15) is 19.5 Å². The molecular formula is C15H20N2O4S. The number of amides is 2. The van der Waals surface area contributed by atoms with Crippen LogP contribution >= 0.6 is 11.3 Å². The predicted octanol–water partition coefficient (Wildman–Crippen LogP) is 1.07. The molecule has 1 N–H and O–H groups in total. The lowest BCUT2D eigenvalue weighted by Gasteiger charge is -2.37. The molecule has 2 unspecified atom stereocenters. The summed E-state index contributed by atoms with van der Waals surface area (Å²) >= 11 is 1.47. The van der Waals surface area contributed by atoms with Crippen LogP contribution in [-0.4, -0.2) is 59.4 Å². The second-order valence-corrected chi connectivity index (χ2v) is 6.70. The Morgan fingerprint density at radius 3 is 2.64 bits per heavy atom. The van der Waals surface area contributed by atoms with Crippen molar-refractivity contribution in [2.75, 3.05) is 20.6 Å². The molecule has 22 heavy (non-hydrogen) atoms. The lowest BCUT2D eigenvalue weighted by Crippen LogP contribution is -2.53. The minimum absolute atomic E-state index is 0.0576. The molecule has 1 aromatic rings. The Morgan fingerprint density at radius 2 is 2.09 bits per heavy atom. The van der Waals surface area contributed by atoms with Crippen LogP contribution in [0.25, 0.3) is 0 Å². The third kappa shape index (κ3) is 3.65. The highest BCUT2D eigenvalue weighted by Crippen LogP contribution is 2.25. The molecule has 1 fully saturated rings. The normalized spacial score (nSPS) is 21.5. The van der Waals surface area contributed by atoms with Gasteiger partial charge in [-0.2, -0.15) is 0 Å². The van der Waals surface area contributed by atoms with Gasteiger partial charge in [0.25, 0.3) is 0 Å². The number of rotatable bonds is 4. The summed E-state index contributed by atoms with van der Waals surface area (Å²) in [5.41, 5.74) is 0. The van der Waals surface area contributed by atoms with Crippen molar-refractivity contribution in [3.05, 3.63) is 22.4 Å². The number of carbonyl (C=O) groups excluding carboxylic acids is 2. The van der Waals surface area contributed by atoms with Crippen molar-refractivity contribution in [2.24, 2.45) is 5.92 Å². The van der Waals surface area contributed by atoms with E-state index < -0.39 is 12.0 Å². The number of carboxylic acids is 1. The average molecular weight is 324 g/mol. The molecule has 2 atom stereocenters. The Labute approximate surface area is 133 Å². The molecule has 2 rings (SSSR count). The summed E-state index contributed by atoms with van der Waals surface area (Å²) in [4.78, 5) is 39.7. The van der Waals surface area contributed by atoms with E-state index in [4.69, 9.17) is 0 Å². The maximum absolute atomic E-state index is 12.5. The maximum Gasteiger partial charge on any atom is 0.326 e. The molecule has 6 nitrogen and oxygen atoms in total. The first-order chi connectivity index (χ1) is 10.4. The molecule has 0 bridgehead atoms. The van der Waals surface area contributed by atoms with E-state index in [1.807, 2.05) is 17.5 Å². The highest BCUT2D eigenvalue weighted by molar-refractivity contribution is 7.10. The second kappa shape index (κ2) is 6.91. The van der Waals surface area contributed by atoms with Crippen molar-refractivity contribution in [1.29, 1.82) is 0 Å². The quantitative estimate of drug-likeness (QED) is 0.899. The standard InChI is InChI=1S/C15H20N2O4S/c1-16(2)14(19)10-5-6-12(15(20)21)17(9-10)13(18)8-11-4-3-7-22-11/h3-4,7,10,12H,5-6,8-9H2,1-2H3,(H,20,21). The van der Waals surface area contributed by atoms with E-state index >= 15 is 0 Å². The van der Waals surface area contributed by atoms with Crippen LogP contribution in [0.1, 0.15) is 17.7 Å². The molecule has 1 saturated heterocycles. The number of carbonyl (C=O) groups is 3. The van der Waals surface area contributed by atoms with Crippen LogP contribution in [0.2, 0.25) is 0 Å². The van der Waals surface area contributed by atoms with Gasteiger partial charge in [0, 0.05) is 25.5 Å². The van der Waals surface area contributed by atoms with Gasteiger partial charge in [-0.25, -0.2) is 4.79 Å². The average Bonchev–Trinajstić information content (AvgIpc) is 2.98. The van der Waals surface area contributed by atoms with E-state index in [2.05, 4.69) is 0 Å². The fourth-order valence-electron chi connectivity index (χ4n) is 2.73. The molecule has 0 spiro atoms. The summed E-state index contributed by atoms with van der Waals surface area (Å²) in [7, 11) is 3.34. The smallest absolute Gasteiger partial charge is 0.326 e. The maximum atomic E-state index is 12.5. The van der Waals surface area contributed by atoms with Gasteiger partial charge in [-0.1, -0.05) is 6.07 Å². The Bertz CT molecular complexity index is 556. The molecule has 0 radical (unpaired) electrons. The lowest BCUT2D eigenvalue weighted by atomic mass is 9.91. The van der Waals surface area contributed by atoms with Crippen LogP contribution in [0.3, 0.4) is 0 Å². The van der Waals surface area contributed by atoms with Crippen molar-refractivity contribution in [3.8, 4) is 0 Å². The highest BCUT2D eigenvalue weighted by atomic mass is 32.1. The molecule has 2 amide bonds. The van der Waals surface area contributed by atoms with Gasteiger partial charge in [0.15, 0.2) is 0 Å². The second-order valence-electron chi connectivity index (χ2n) is 5.66. The first kappa shape index (κ1) is 16.5. The Hall–Kier alpha value is -1.89. The lowest BCUT2D eigenvalue weighted by molar-refractivity contribution is -0.155. The van der Waals surface area contributed by atoms with E-state index in [0.717, 1.165) is 4.88 Å². The molecule has 1 aliphatic rings. The molecular weight excluding hydrogens is 304 g/mol. The van der Waals surface area contributed by atoms with Crippen LogP contribution in [0.4, 0.5) is 0 Å². The first-order valence-corrected chi connectivity index (χ1v) is 8.04. The number of hydrogen-bond donors (Lipinski definition) is 1. The number of hydrogen-bond acceptors (Lipinski definition) is 4. The largest absolute Gasteiger partial charge is 0.480 e. The van der Waals surface area contributed by atoms with Crippen molar-refractivity contribution in [3.63, 3.8) is 0 Å². The van der Waals surface area contributed by atoms with E-state index in [-0.39, 0.29) is 30.7 Å². The van der Waals surface area contributed by atoms with Crippen LogP contribution in [0.5, 0.6) is 0 Å². The summed E-state index contributed by atoms with van der Waals surface area (Å²) in [6, 6.07) is 2.88. The fourth-order valence-corrected chi connectivity index (χ4v) is 3.43. The third-order valence-electron chi connectivity index (χ3n) is 3.88. The van der Waals surface area contributed by atoms with Crippen LogP contribution in [-0.2, 0) is 20.8 Å². The molecule has 2 heterocycles. The van der Waals surface area contributed by atoms with E-state index in [1.54, 1.807) is 14.1 Å². The van der Waals surface area contributed by atoms with E-state index in [0.29, 0.717) is 12.8 Å². The monoisotopic (exact) mass is 324 g/mol. The molecule has 1 aliphatic heterocycles. The molecule has 1 aromatic heterocycles. The van der Waals surface area contributed by atoms with Gasteiger partial charge in [-0.15, -0.1) is 11.3 Å². The van der Waals surface area contributed by atoms with Crippen molar-refractivity contribution in [2.45, 2.75) is 25.3 Å². The molecule has 0 aliphatic carbocycles. The molecule has 0 saturated carbocycles. The summed E-state index contributed by atoms with van der Waals surface area (Å²) in [5, 5.41) is 11.2. The van der Waals surface area contributed by atoms with Crippen LogP contribution in [0.15, 0.2) is 17.5 Å². The van der Waals surface area contributed by atoms with Gasteiger partial charge in [0.05, 0.1) is 12.3 Å². The molecule has 120 valence electrons. The molecule has 7 heteroatoms. The zero-order valence-electron chi connectivity index (χ0n) is 12.7. The van der Waals surface area contributed by atoms with E-state index in [1.165, 1.54) is 21.1 Å². The van der Waals surface area contributed by atoms with Gasteiger partial charge >= 0.3 is 5.97 Å². The van der Waals surface area contributed by atoms with Crippen LogP contribution in [0, 0.1) is 5.92 Å². The summed E-state index contributed by atoms with van der Waals surface area (Å²) < 4.78 is 0. The third-order valence-corrected chi connectivity index (χ3v) is 4.76. The minimum Gasteiger partial charge on any atom is -0.480 e. The molecule has 0 aromatic carbocycles. The summed E-state index contributed by atoms with van der Waals surface area (Å²) in [6.45, 7) is 0.179. The van der Waals surface area contributed by atoms with Crippen LogP contribution < -0.4 is 0 Å². The number of aliphatic carboxylic acids is 1. The van der Waals surface area contributed by atoms with Crippen molar-refractivity contribution >= 4 is 29.1 Å². The Morgan fingerprint density at radius 1 is 1.36 bits per heavy atom. The number of carboxylic acid groups (broad SMARTS) is 1. The van der Waals surface area contributed by atoms with Crippen molar-refractivity contribution in [1.82, 2.24) is 9.80 Å². The zero-order chi connectivity index (χ0) is 16.3. The van der Waals surface area contributed by atoms with Crippen molar-refractivity contribution < 1.29 is 19.5 Å². The summed E-state index contributed by atoms with van der Waals surface area (Å²) in [6.07, 6.45) is 0.997. The number of likely N-dealkylation sites (tertiary alicyclic amines) is 1. The van der Waals surface area contributed by atoms with Gasteiger partial charge < -0.3 is 14.9 Å². The summed E-state index contributed by atoms with van der Waals surface area (Å²) in [5.74, 6) is -1.61. The number of piperidine rings is 1.